The van der Waals surface area contributed by atoms with Gasteiger partial charge in [-0.25, -0.2) is 4.79 Å². The number of phosphoric acid groups is 1. The van der Waals surface area contributed by atoms with Crippen LogP contribution in [-0.2, 0) is 42.1 Å². The van der Waals surface area contributed by atoms with E-state index in [1.165, 1.54) is 97.0 Å². The van der Waals surface area contributed by atoms with Crippen molar-refractivity contribution in [3.8, 4) is 0 Å². The van der Waals surface area contributed by atoms with Gasteiger partial charge >= 0.3 is 18.0 Å². The smallest absolute Gasteiger partial charge is 0.407 e. The lowest BCUT2D eigenvalue weighted by Gasteiger charge is -2.25. The van der Waals surface area contributed by atoms with Crippen LogP contribution in [-0.4, -0.2) is 70.8 Å². The van der Waals surface area contributed by atoms with E-state index in [4.69, 9.17) is 28.0 Å². The predicted octanol–water partition coefficient (Wildman–Crippen LogP) is 8.72. The molecular formula is C37H71NO11P-. The number of methoxy groups -OCH3 is 1. The van der Waals surface area contributed by atoms with E-state index in [1.54, 1.807) is 0 Å². The van der Waals surface area contributed by atoms with Crippen molar-refractivity contribution < 1.29 is 51.8 Å². The van der Waals surface area contributed by atoms with Crippen LogP contribution >= 0.6 is 7.82 Å². The summed E-state index contributed by atoms with van der Waals surface area (Å²) >= 11 is 0. The molecule has 0 spiro atoms. The van der Waals surface area contributed by atoms with Crippen molar-refractivity contribution in [1.82, 2.24) is 5.32 Å². The standard InChI is InChI=1S/C37H72NO11P/c1-4-6-8-10-12-14-16-18-20-22-24-26-35(39)46-32-34(33-48-50(42,43)47-29-28-38-37(41)45-31-30-44-3)49-36(40)27-25-23-21-19-17-15-13-11-9-7-5-2/h34H,4-33H2,1-3H3,(H,38,41)(H,42,43)/p-1/t34-/m1/s1. The molecule has 0 rings (SSSR count). The van der Waals surface area contributed by atoms with Gasteiger partial charge in [0.25, 0.3) is 7.82 Å². The van der Waals surface area contributed by atoms with E-state index in [0.717, 1.165) is 38.5 Å². The molecule has 0 fully saturated rings. The molecule has 12 nitrogen and oxygen atoms in total. The lowest BCUT2D eigenvalue weighted by molar-refractivity contribution is -0.228. The van der Waals surface area contributed by atoms with E-state index < -0.39 is 45.2 Å². The molecule has 0 aromatic rings. The lowest BCUT2D eigenvalue weighted by atomic mass is 10.1. The Balaban J connectivity index is 4.53. The summed E-state index contributed by atoms with van der Waals surface area (Å²) in [7, 11) is -3.34. The van der Waals surface area contributed by atoms with Gasteiger partial charge < -0.3 is 38.2 Å². The second kappa shape index (κ2) is 35.7. The number of esters is 2. The van der Waals surface area contributed by atoms with Gasteiger partial charge in [-0.3, -0.25) is 14.2 Å². The van der Waals surface area contributed by atoms with E-state index in [0.29, 0.717) is 12.8 Å². The van der Waals surface area contributed by atoms with Crippen LogP contribution < -0.4 is 10.2 Å². The van der Waals surface area contributed by atoms with E-state index in [9.17, 15) is 23.8 Å². The maximum absolute atomic E-state index is 12.6. The van der Waals surface area contributed by atoms with Crippen LogP contribution in [0.4, 0.5) is 4.79 Å². The Morgan fingerprint density at radius 2 is 1.04 bits per heavy atom. The van der Waals surface area contributed by atoms with Gasteiger partial charge in [-0.1, -0.05) is 142 Å². The Labute approximate surface area is 303 Å². The number of unbranched alkanes of at least 4 members (excludes halogenated alkanes) is 20. The van der Waals surface area contributed by atoms with Gasteiger partial charge in [-0.15, -0.1) is 0 Å². The van der Waals surface area contributed by atoms with Crippen molar-refractivity contribution in [1.29, 1.82) is 0 Å². The van der Waals surface area contributed by atoms with Crippen molar-refractivity contribution in [3.05, 3.63) is 0 Å². The van der Waals surface area contributed by atoms with Crippen LogP contribution in [0.3, 0.4) is 0 Å². The highest BCUT2D eigenvalue weighted by Gasteiger charge is 2.21. The number of hydrogen-bond donors (Lipinski definition) is 1. The van der Waals surface area contributed by atoms with Crippen LogP contribution in [0.2, 0.25) is 0 Å². The van der Waals surface area contributed by atoms with Crippen molar-refractivity contribution in [2.24, 2.45) is 0 Å². The molecule has 0 radical (unpaired) electrons. The van der Waals surface area contributed by atoms with Crippen LogP contribution in [0.1, 0.15) is 168 Å². The lowest BCUT2D eigenvalue weighted by Crippen LogP contribution is -2.31. The molecular weight excluding hydrogens is 665 g/mol. The van der Waals surface area contributed by atoms with Crippen LogP contribution in [0.5, 0.6) is 0 Å². The Morgan fingerprint density at radius 3 is 1.52 bits per heavy atom. The highest BCUT2D eigenvalue weighted by molar-refractivity contribution is 7.45. The molecule has 0 aromatic carbocycles. The number of phosphoric ester groups is 1. The minimum absolute atomic E-state index is 0.0512. The van der Waals surface area contributed by atoms with Crippen molar-refractivity contribution in [2.45, 2.75) is 174 Å². The summed E-state index contributed by atoms with van der Waals surface area (Å²) in [6.07, 6.45) is 24.0. The minimum Gasteiger partial charge on any atom is -0.756 e. The van der Waals surface area contributed by atoms with E-state index in [-0.39, 0.29) is 39.2 Å². The fourth-order valence-corrected chi connectivity index (χ4v) is 6.02. The molecule has 50 heavy (non-hydrogen) atoms. The average molecular weight is 737 g/mol. The molecule has 0 saturated carbocycles. The molecule has 1 unspecified atom stereocenters. The maximum Gasteiger partial charge on any atom is 0.407 e. The number of amides is 1. The summed E-state index contributed by atoms with van der Waals surface area (Å²) in [5.41, 5.74) is 0. The molecule has 0 saturated heterocycles. The SMILES string of the molecule is CCCCCCCCCCCCCC(=O)OC[C@H](COP(=O)([O-])OCCNC(=O)OCCOC)OC(=O)CCCCCCCCCCCCC. The average Bonchev–Trinajstić information content (AvgIpc) is 3.09. The summed E-state index contributed by atoms with van der Waals surface area (Å²) < 4.78 is 42.4. The van der Waals surface area contributed by atoms with Gasteiger partial charge in [0.05, 0.1) is 19.8 Å². The Bertz CT molecular complexity index is 861. The number of carbonyl (C=O) groups is 3. The zero-order valence-corrected chi connectivity index (χ0v) is 32.6. The third kappa shape index (κ3) is 34.7. The second-order valence-electron chi connectivity index (χ2n) is 13.0. The quantitative estimate of drug-likeness (QED) is 0.0281. The van der Waals surface area contributed by atoms with Crippen LogP contribution in [0, 0.1) is 0 Å². The molecule has 0 aliphatic heterocycles. The first-order valence-electron chi connectivity index (χ1n) is 19.6. The van der Waals surface area contributed by atoms with Crippen molar-refractivity contribution in [2.75, 3.05) is 46.7 Å². The first-order chi connectivity index (χ1) is 24.2. The predicted molar refractivity (Wildman–Crippen MR) is 194 cm³/mol. The Hall–Kier alpha value is -1.72. The highest BCUT2D eigenvalue weighted by Crippen LogP contribution is 2.38. The van der Waals surface area contributed by atoms with E-state index in [2.05, 4.69) is 19.2 Å². The molecule has 296 valence electrons. The second-order valence-corrected chi connectivity index (χ2v) is 14.4. The molecule has 0 aliphatic carbocycles. The molecule has 2 atom stereocenters. The number of ether oxygens (including phenoxy) is 4. The first kappa shape index (κ1) is 48.3. The molecule has 0 aromatic heterocycles. The third-order valence-corrected chi connectivity index (χ3v) is 9.22. The number of alkyl carbamates (subject to hydrolysis) is 1. The van der Waals surface area contributed by atoms with Gasteiger partial charge in [-0.05, 0) is 12.8 Å². The normalized spacial score (nSPS) is 13.0. The number of rotatable bonds is 37. The Morgan fingerprint density at radius 1 is 0.580 bits per heavy atom. The summed E-state index contributed by atoms with van der Waals surface area (Å²) in [6.45, 7) is 3.30. The van der Waals surface area contributed by atoms with E-state index >= 15 is 0 Å². The fourth-order valence-electron chi connectivity index (χ4n) is 5.28. The summed E-state index contributed by atoms with van der Waals surface area (Å²) in [6, 6.07) is 0. The number of hydrogen-bond acceptors (Lipinski definition) is 11. The zero-order chi connectivity index (χ0) is 37.0. The number of carbonyl (C=O) groups excluding carboxylic acids is 3. The minimum atomic E-state index is -4.81. The largest absolute Gasteiger partial charge is 0.756 e. The summed E-state index contributed by atoms with van der Waals surface area (Å²) in [5, 5.41) is 2.34. The van der Waals surface area contributed by atoms with Crippen molar-refractivity contribution in [3.63, 3.8) is 0 Å². The monoisotopic (exact) mass is 736 g/mol. The van der Waals surface area contributed by atoms with E-state index in [1.807, 2.05) is 0 Å². The molecule has 0 aliphatic rings. The molecule has 0 bridgehead atoms. The summed E-state index contributed by atoms with van der Waals surface area (Å²) in [5.74, 6) is -0.939. The molecule has 1 N–H and O–H groups in total. The van der Waals surface area contributed by atoms with Crippen molar-refractivity contribution >= 4 is 25.9 Å². The highest BCUT2D eigenvalue weighted by atomic mass is 31.2. The van der Waals surface area contributed by atoms with Gasteiger partial charge in [0.15, 0.2) is 6.10 Å². The zero-order valence-electron chi connectivity index (χ0n) is 31.7. The van der Waals surface area contributed by atoms with Gasteiger partial charge in [-0.2, -0.15) is 0 Å². The van der Waals surface area contributed by atoms with Gasteiger partial charge in [0.2, 0.25) is 0 Å². The Kier molecular flexibility index (Phi) is 34.4. The molecule has 1 amide bonds. The van der Waals surface area contributed by atoms with Gasteiger partial charge in [0, 0.05) is 26.5 Å². The first-order valence-corrected chi connectivity index (χ1v) is 21.0. The van der Waals surface area contributed by atoms with Gasteiger partial charge in [0.1, 0.15) is 13.2 Å². The fraction of sp³-hybridized carbons (Fsp3) is 0.919. The molecule has 13 heteroatoms. The third-order valence-electron chi connectivity index (χ3n) is 8.26. The maximum atomic E-state index is 12.6. The van der Waals surface area contributed by atoms with Crippen LogP contribution in [0.25, 0.3) is 0 Å². The van der Waals surface area contributed by atoms with Crippen LogP contribution in [0.15, 0.2) is 0 Å². The topological polar surface area (TPSA) is 159 Å². The molecule has 0 heterocycles. The number of nitrogens with one attached hydrogen (secondary N) is 1. The summed E-state index contributed by atoms with van der Waals surface area (Å²) in [4.78, 5) is 48.8.